The molecule has 1 fully saturated rings. The molecule has 21 heavy (non-hydrogen) atoms. The van der Waals surface area contributed by atoms with E-state index in [9.17, 15) is 13.2 Å². The first-order valence-corrected chi connectivity index (χ1v) is 9.59. The van der Waals surface area contributed by atoms with Crippen LogP contribution in [0.2, 0.25) is 0 Å². The van der Waals surface area contributed by atoms with Crippen LogP contribution in [-0.2, 0) is 19.6 Å². The van der Waals surface area contributed by atoms with Gasteiger partial charge in [0.15, 0.2) is 0 Å². The average molecular weight is 319 g/mol. The molecule has 6 heteroatoms. The van der Waals surface area contributed by atoms with Gasteiger partial charge in [0.2, 0.25) is 10.0 Å². The molecule has 5 nitrogen and oxygen atoms in total. The zero-order valence-electron chi connectivity index (χ0n) is 13.5. The summed E-state index contributed by atoms with van der Waals surface area (Å²) in [5.74, 6) is -0.244. The minimum Gasteiger partial charge on any atom is -0.465 e. The van der Waals surface area contributed by atoms with Crippen LogP contribution in [0.5, 0.6) is 0 Å². The molecule has 0 aromatic carbocycles. The molecule has 0 saturated heterocycles. The van der Waals surface area contributed by atoms with Gasteiger partial charge in [-0.2, -0.15) is 0 Å². The number of hydrogen-bond acceptors (Lipinski definition) is 4. The van der Waals surface area contributed by atoms with Crippen molar-refractivity contribution in [1.29, 1.82) is 0 Å². The smallest absolute Gasteiger partial charge is 0.311 e. The first-order valence-electron chi connectivity index (χ1n) is 7.94. The summed E-state index contributed by atoms with van der Waals surface area (Å²) >= 11 is 0. The van der Waals surface area contributed by atoms with Crippen molar-refractivity contribution >= 4 is 16.0 Å². The summed E-state index contributed by atoms with van der Waals surface area (Å²) in [6.07, 6.45) is 6.29. The van der Waals surface area contributed by atoms with Gasteiger partial charge >= 0.3 is 5.97 Å². The summed E-state index contributed by atoms with van der Waals surface area (Å²) in [5, 5.41) is 0. The lowest BCUT2D eigenvalue weighted by Gasteiger charge is -2.23. The molecule has 0 aliphatic heterocycles. The fourth-order valence-corrected chi connectivity index (χ4v) is 3.65. The van der Waals surface area contributed by atoms with Crippen molar-refractivity contribution in [2.24, 2.45) is 5.41 Å². The molecule has 0 unspecified atom stereocenters. The van der Waals surface area contributed by atoms with Crippen LogP contribution in [-0.4, -0.2) is 32.8 Å². The van der Waals surface area contributed by atoms with Crippen molar-refractivity contribution in [3.05, 3.63) is 0 Å². The van der Waals surface area contributed by atoms with Crippen molar-refractivity contribution < 1.29 is 17.9 Å². The Bertz CT molecular complexity index is 425. The average Bonchev–Trinajstić information content (AvgIpc) is 2.44. The van der Waals surface area contributed by atoms with Crippen LogP contribution < -0.4 is 4.72 Å². The summed E-state index contributed by atoms with van der Waals surface area (Å²) in [5.41, 5.74) is -0.501. The van der Waals surface area contributed by atoms with Gasteiger partial charge in [-0.25, -0.2) is 13.1 Å². The van der Waals surface area contributed by atoms with Gasteiger partial charge in [-0.05, 0) is 39.5 Å². The van der Waals surface area contributed by atoms with Gasteiger partial charge in [-0.1, -0.05) is 26.2 Å². The quantitative estimate of drug-likeness (QED) is 0.551. The highest BCUT2D eigenvalue weighted by Gasteiger charge is 2.27. The SMILES string of the molecule is CCC(C)(C)C(=O)OCCCS(=O)(=O)NC1CCCCC1. The highest BCUT2D eigenvalue weighted by Crippen LogP contribution is 2.21. The number of esters is 1. The van der Waals surface area contributed by atoms with Crippen LogP contribution in [0.25, 0.3) is 0 Å². The van der Waals surface area contributed by atoms with Crippen molar-refractivity contribution in [3.63, 3.8) is 0 Å². The molecule has 0 aromatic rings. The van der Waals surface area contributed by atoms with Gasteiger partial charge in [0, 0.05) is 6.04 Å². The normalized spacial score (nSPS) is 17.7. The number of carbonyl (C=O) groups is 1. The largest absolute Gasteiger partial charge is 0.465 e. The molecule has 0 bridgehead atoms. The van der Waals surface area contributed by atoms with Crippen LogP contribution in [0.1, 0.15) is 65.7 Å². The number of nitrogens with one attached hydrogen (secondary N) is 1. The van der Waals surface area contributed by atoms with E-state index in [1.54, 1.807) is 0 Å². The fourth-order valence-electron chi connectivity index (χ4n) is 2.29. The molecule has 124 valence electrons. The molecule has 0 spiro atoms. The van der Waals surface area contributed by atoms with Gasteiger partial charge in [-0.3, -0.25) is 4.79 Å². The number of rotatable bonds is 8. The van der Waals surface area contributed by atoms with Crippen LogP contribution in [0, 0.1) is 5.41 Å². The topological polar surface area (TPSA) is 72.5 Å². The van der Waals surface area contributed by atoms with E-state index >= 15 is 0 Å². The first-order chi connectivity index (χ1) is 9.77. The summed E-state index contributed by atoms with van der Waals surface area (Å²) in [4.78, 5) is 11.7. The zero-order chi connectivity index (χ0) is 15.9. The van der Waals surface area contributed by atoms with Gasteiger partial charge in [0.05, 0.1) is 17.8 Å². The molecular formula is C15H29NO4S. The van der Waals surface area contributed by atoms with E-state index in [1.165, 1.54) is 6.42 Å². The minimum absolute atomic E-state index is 0.0172. The molecule has 0 amide bonds. The fraction of sp³-hybridized carbons (Fsp3) is 0.933. The number of hydrogen-bond donors (Lipinski definition) is 1. The number of sulfonamides is 1. The summed E-state index contributed by atoms with van der Waals surface area (Å²) in [6, 6.07) is 0.0883. The van der Waals surface area contributed by atoms with Gasteiger partial charge in [0.25, 0.3) is 0 Å². The summed E-state index contributed by atoms with van der Waals surface area (Å²) in [7, 11) is -3.26. The predicted octanol–water partition coefficient (Wildman–Crippen LogP) is 2.61. The third-order valence-corrected chi connectivity index (χ3v) is 5.70. The number of carbonyl (C=O) groups excluding carboxylic acids is 1. The van der Waals surface area contributed by atoms with Crippen molar-refractivity contribution in [2.75, 3.05) is 12.4 Å². The van der Waals surface area contributed by atoms with E-state index in [0.29, 0.717) is 12.8 Å². The van der Waals surface area contributed by atoms with Crippen LogP contribution in [0.3, 0.4) is 0 Å². The highest BCUT2D eigenvalue weighted by atomic mass is 32.2. The standard InChI is InChI=1S/C15H29NO4S/c1-4-15(2,3)14(17)20-11-8-12-21(18,19)16-13-9-6-5-7-10-13/h13,16H,4-12H2,1-3H3. The molecular weight excluding hydrogens is 290 g/mol. The van der Waals surface area contributed by atoms with E-state index in [4.69, 9.17) is 4.74 Å². The Hall–Kier alpha value is -0.620. The van der Waals surface area contributed by atoms with E-state index in [0.717, 1.165) is 25.7 Å². The Kier molecular flexibility index (Phi) is 7.13. The van der Waals surface area contributed by atoms with E-state index in [1.807, 2.05) is 20.8 Å². The predicted molar refractivity (Wildman–Crippen MR) is 83.4 cm³/mol. The first kappa shape index (κ1) is 18.4. The summed E-state index contributed by atoms with van der Waals surface area (Å²) in [6.45, 7) is 5.75. The minimum atomic E-state index is -3.26. The van der Waals surface area contributed by atoms with Crippen molar-refractivity contribution in [3.8, 4) is 0 Å². The zero-order valence-corrected chi connectivity index (χ0v) is 14.3. The van der Waals surface area contributed by atoms with Gasteiger partial charge < -0.3 is 4.74 Å². The molecule has 1 aliphatic carbocycles. The Morgan fingerprint density at radius 3 is 2.43 bits per heavy atom. The maximum atomic E-state index is 11.9. The summed E-state index contributed by atoms with van der Waals surface area (Å²) < 4.78 is 31.8. The lowest BCUT2D eigenvalue weighted by atomic mass is 9.91. The maximum absolute atomic E-state index is 11.9. The number of ether oxygens (including phenoxy) is 1. The maximum Gasteiger partial charge on any atom is 0.311 e. The van der Waals surface area contributed by atoms with E-state index in [2.05, 4.69) is 4.72 Å². The van der Waals surface area contributed by atoms with E-state index < -0.39 is 15.4 Å². The molecule has 0 atom stereocenters. The molecule has 0 heterocycles. The monoisotopic (exact) mass is 319 g/mol. The second-order valence-electron chi connectivity index (χ2n) is 6.50. The van der Waals surface area contributed by atoms with Crippen molar-refractivity contribution in [2.45, 2.75) is 71.8 Å². The third-order valence-electron chi connectivity index (χ3n) is 4.18. The highest BCUT2D eigenvalue weighted by molar-refractivity contribution is 7.89. The van der Waals surface area contributed by atoms with Crippen molar-refractivity contribution in [1.82, 2.24) is 4.72 Å². The molecule has 1 saturated carbocycles. The molecule has 0 radical (unpaired) electrons. The van der Waals surface area contributed by atoms with Crippen LogP contribution in [0.4, 0.5) is 0 Å². The third kappa shape index (κ3) is 6.78. The van der Waals surface area contributed by atoms with Gasteiger partial charge in [-0.15, -0.1) is 0 Å². The van der Waals surface area contributed by atoms with Gasteiger partial charge in [0.1, 0.15) is 0 Å². The second-order valence-corrected chi connectivity index (χ2v) is 8.37. The Morgan fingerprint density at radius 2 is 1.86 bits per heavy atom. The lowest BCUT2D eigenvalue weighted by molar-refractivity contribution is -0.154. The Morgan fingerprint density at radius 1 is 1.24 bits per heavy atom. The lowest BCUT2D eigenvalue weighted by Crippen LogP contribution is -2.37. The van der Waals surface area contributed by atoms with E-state index in [-0.39, 0.29) is 24.4 Å². The molecule has 1 N–H and O–H groups in total. The molecule has 0 aromatic heterocycles. The molecule has 1 aliphatic rings. The van der Waals surface area contributed by atoms with Crippen LogP contribution in [0.15, 0.2) is 0 Å². The van der Waals surface area contributed by atoms with Crippen LogP contribution >= 0.6 is 0 Å². The Labute approximate surface area is 128 Å². The second kappa shape index (κ2) is 8.13. The molecule has 1 rings (SSSR count). The Balaban J connectivity index is 2.26.